The third-order valence-electron chi connectivity index (χ3n) is 5.37. The van der Waals surface area contributed by atoms with Crippen molar-refractivity contribution in [3.8, 4) is 5.75 Å². The molecular formula is C27H34ClNO6. The highest BCUT2D eigenvalue weighted by atomic mass is 35.5. The SMILES string of the molecule is CCCCOC(=O)c1cccc(CC(=O)N(CCc2ccc(OCCCC)cc2Cl)CC(=O)O)c1. The number of nitrogens with zero attached hydrogens (tertiary/aromatic N) is 1. The normalized spacial score (nSPS) is 10.6. The molecule has 2 aromatic carbocycles. The third-order valence-corrected chi connectivity index (χ3v) is 5.72. The largest absolute Gasteiger partial charge is 0.494 e. The number of ether oxygens (including phenoxy) is 2. The van der Waals surface area contributed by atoms with E-state index in [2.05, 4.69) is 6.92 Å². The van der Waals surface area contributed by atoms with Crippen LogP contribution in [0, 0.1) is 0 Å². The highest BCUT2D eigenvalue weighted by Gasteiger charge is 2.19. The van der Waals surface area contributed by atoms with Crippen molar-refractivity contribution in [3.05, 3.63) is 64.2 Å². The summed E-state index contributed by atoms with van der Waals surface area (Å²) in [5.41, 5.74) is 1.78. The molecular weight excluding hydrogens is 470 g/mol. The van der Waals surface area contributed by atoms with Crippen LogP contribution in [-0.4, -0.2) is 54.2 Å². The number of aliphatic carboxylic acids is 1. The van der Waals surface area contributed by atoms with Crippen molar-refractivity contribution in [3.63, 3.8) is 0 Å². The lowest BCUT2D eigenvalue weighted by Gasteiger charge is -2.21. The predicted octanol–water partition coefficient (Wildman–Crippen LogP) is 5.17. The van der Waals surface area contributed by atoms with Gasteiger partial charge in [-0.1, -0.05) is 56.5 Å². The molecule has 0 heterocycles. The number of carboxylic acid groups (broad SMARTS) is 1. The average Bonchev–Trinajstić information content (AvgIpc) is 2.82. The Balaban J connectivity index is 2.02. The number of amides is 1. The van der Waals surface area contributed by atoms with Crippen molar-refractivity contribution in [2.75, 3.05) is 26.3 Å². The number of esters is 1. The molecule has 0 aliphatic heterocycles. The summed E-state index contributed by atoms with van der Waals surface area (Å²) in [7, 11) is 0. The predicted molar refractivity (Wildman–Crippen MR) is 135 cm³/mol. The van der Waals surface area contributed by atoms with Crippen LogP contribution in [0.15, 0.2) is 42.5 Å². The quantitative estimate of drug-likeness (QED) is 0.266. The van der Waals surface area contributed by atoms with Gasteiger partial charge in [-0.2, -0.15) is 0 Å². The Kier molecular flexibility index (Phi) is 12.1. The van der Waals surface area contributed by atoms with Gasteiger partial charge < -0.3 is 19.5 Å². The molecule has 0 saturated carbocycles. The summed E-state index contributed by atoms with van der Waals surface area (Å²) in [6, 6.07) is 12.1. The molecule has 0 radical (unpaired) electrons. The summed E-state index contributed by atoms with van der Waals surface area (Å²) in [6.45, 7) is 4.83. The maximum atomic E-state index is 12.9. The molecule has 0 spiro atoms. The topological polar surface area (TPSA) is 93.1 Å². The first kappa shape index (κ1) is 28.2. The van der Waals surface area contributed by atoms with Crippen molar-refractivity contribution >= 4 is 29.4 Å². The number of halogens is 1. The average molecular weight is 504 g/mol. The first-order chi connectivity index (χ1) is 16.8. The van der Waals surface area contributed by atoms with Gasteiger partial charge in [-0.05, 0) is 54.7 Å². The standard InChI is InChI=1S/C27H34ClNO6/c1-3-5-14-34-23-11-10-21(24(28)18-23)12-13-29(19-26(31)32)25(30)17-20-8-7-9-22(16-20)27(33)35-15-6-4-2/h7-11,16,18H,3-6,12-15,17,19H2,1-2H3,(H,31,32). The molecule has 1 amide bonds. The fourth-order valence-electron chi connectivity index (χ4n) is 3.35. The van der Waals surface area contributed by atoms with Crippen LogP contribution in [0.4, 0.5) is 0 Å². The highest BCUT2D eigenvalue weighted by molar-refractivity contribution is 6.31. The number of unbranched alkanes of at least 4 members (excludes halogenated alkanes) is 2. The summed E-state index contributed by atoms with van der Waals surface area (Å²) < 4.78 is 10.9. The molecule has 2 aromatic rings. The fraction of sp³-hybridized carbons (Fsp3) is 0.444. The third kappa shape index (κ3) is 9.99. The zero-order valence-corrected chi connectivity index (χ0v) is 21.2. The van der Waals surface area contributed by atoms with Crippen LogP contribution in [0.25, 0.3) is 0 Å². The molecule has 0 bridgehead atoms. The van der Waals surface area contributed by atoms with Gasteiger partial charge in [0.2, 0.25) is 5.91 Å². The fourth-order valence-corrected chi connectivity index (χ4v) is 3.62. The minimum absolute atomic E-state index is 0.0265. The van der Waals surface area contributed by atoms with Crippen LogP contribution in [0.2, 0.25) is 5.02 Å². The number of rotatable bonds is 15. The zero-order valence-electron chi connectivity index (χ0n) is 20.4. The van der Waals surface area contributed by atoms with Gasteiger partial charge in [0.15, 0.2) is 0 Å². The van der Waals surface area contributed by atoms with E-state index in [-0.39, 0.29) is 18.9 Å². The van der Waals surface area contributed by atoms with Crippen molar-refractivity contribution < 1.29 is 29.0 Å². The monoisotopic (exact) mass is 503 g/mol. The molecule has 1 N–H and O–H groups in total. The molecule has 0 aliphatic carbocycles. The minimum atomic E-state index is -1.10. The smallest absolute Gasteiger partial charge is 0.338 e. The van der Waals surface area contributed by atoms with E-state index >= 15 is 0 Å². The summed E-state index contributed by atoms with van der Waals surface area (Å²) in [5.74, 6) is -1.21. The molecule has 0 saturated heterocycles. The van der Waals surface area contributed by atoms with Crippen LogP contribution in [0.1, 0.15) is 61.0 Å². The summed E-state index contributed by atoms with van der Waals surface area (Å²) in [6.07, 6.45) is 4.06. The Morgan fingerprint density at radius 2 is 1.74 bits per heavy atom. The van der Waals surface area contributed by atoms with Crippen LogP contribution in [-0.2, 0) is 27.2 Å². The number of carbonyl (C=O) groups excluding carboxylic acids is 2. The van der Waals surface area contributed by atoms with Gasteiger partial charge in [-0.25, -0.2) is 4.79 Å². The molecule has 0 aromatic heterocycles. The number of benzene rings is 2. The minimum Gasteiger partial charge on any atom is -0.494 e. The van der Waals surface area contributed by atoms with Crippen LogP contribution in [0.3, 0.4) is 0 Å². The molecule has 35 heavy (non-hydrogen) atoms. The van der Waals surface area contributed by atoms with E-state index in [1.165, 1.54) is 4.90 Å². The van der Waals surface area contributed by atoms with Gasteiger partial charge in [-0.3, -0.25) is 9.59 Å². The molecule has 0 aliphatic rings. The van der Waals surface area contributed by atoms with E-state index in [4.69, 9.17) is 21.1 Å². The zero-order chi connectivity index (χ0) is 25.6. The number of hydrogen-bond acceptors (Lipinski definition) is 5. The summed E-state index contributed by atoms with van der Waals surface area (Å²) in [5, 5.41) is 9.82. The molecule has 8 heteroatoms. The lowest BCUT2D eigenvalue weighted by molar-refractivity contribution is -0.144. The van der Waals surface area contributed by atoms with Gasteiger partial charge in [-0.15, -0.1) is 0 Å². The van der Waals surface area contributed by atoms with Gasteiger partial charge in [0.05, 0.1) is 25.2 Å². The lowest BCUT2D eigenvalue weighted by atomic mass is 10.1. The molecule has 2 rings (SSSR count). The van der Waals surface area contributed by atoms with Crippen molar-refractivity contribution in [1.82, 2.24) is 4.90 Å². The van der Waals surface area contributed by atoms with Gasteiger partial charge in [0.1, 0.15) is 12.3 Å². The second-order valence-corrected chi connectivity index (χ2v) is 8.69. The summed E-state index contributed by atoms with van der Waals surface area (Å²) in [4.78, 5) is 37.8. The highest BCUT2D eigenvalue weighted by Crippen LogP contribution is 2.23. The number of carboxylic acids is 1. The maximum Gasteiger partial charge on any atom is 0.338 e. The Hall–Kier alpha value is -3.06. The molecule has 190 valence electrons. The van der Waals surface area contributed by atoms with Gasteiger partial charge in [0.25, 0.3) is 0 Å². The van der Waals surface area contributed by atoms with Crippen molar-refractivity contribution in [2.24, 2.45) is 0 Å². The Labute approximate surface area is 212 Å². The van der Waals surface area contributed by atoms with Crippen molar-refractivity contribution in [1.29, 1.82) is 0 Å². The maximum absolute atomic E-state index is 12.9. The molecule has 0 atom stereocenters. The summed E-state index contributed by atoms with van der Waals surface area (Å²) >= 11 is 6.39. The lowest BCUT2D eigenvalue weighted by Crippen LogP contribution is -2.38. The van der Waals surface area contributed by atoms with Crippen molar-refractivity contribution in [2.45, 2.75) is 52.4 Å². The second kappa shape index (κ2) is 15.0. The van der Waals surface area contributed by atoms with E-state index in [0.717, 1.165) is 31.2 Å². The first-order valence-corrected chi connectivity index (χ1v) is 12.4. The molecule has 0 unspecified atom stereocenters. The van der Waals surface area contributed by atoms with Gasteiger partial charge >= 0.3 is 11.9 Å². The molecule has 7 nitrogen and oxygen atoms in total. The van der Waals surface area contributed by atoms with E-state index in [1.54, 1.807) is 30.3 Å². The van der Waals surface area contributed by atoms with E-state index in [0.29, 0.717) is 41.5 Å². The Morgan fingerprint density at radius 3 is 2.43 bits per heavy atom. The molecule has 0 fully saturated rings. The van der Waals surface area contributed by atoms with Crippen LogP contribution < -0.4 is 4.74 Å². The Bertz CT molecular complexity index is 993. The van der Waals surface area contributed by atoms with E-state index < -0.39 is 18.5 Å². The van der Waals surface area contributed by atoms with Gasteiger partial charge in [0, 0.05) is 11.6 Å². The second-order valence-electron chi connectivity index (χ2n) is 8.28. The number of hydrogen-bond donors (Lipinski definition) is 1. The van der Waals surface area contributed by atoms with Crippen LogP contribution in [0.5, 0.6) is 5.75 Å². The number of carbonyl (C=O) groups is 3. The van der Waals surface area contributed by atoms with Crippen LogP contribution >= 0.6 is 11.6 Å². The Morgan fingerprint density at radius 1 is 1.00 bits per heavy atom. The van der Waals surface area contributed by atoms with E-state index in [9.17, 15) is 19.5 Å². The van der Waals surface area contributed by atoms with E-state index in [1.807, 2.05) is 19.1 Å². The first-order valence-electron chi connectivity index (χ1n) is 12.0.